The van der Waals surface area contributed by atoms with E-state index in [0.717, 1.165) is 6.07 Å². The number of hydrogen-bond donors (Lipinski definition) is 1. The second-order valence-corrected chi connectivity index (χ2v) is 5.51. The van der Waals surface area contributed by atoms with Crippen molar-refractivity contribution in [3.8, 4) is 0 Å². The van der Waals surface area contributed by atoms with Crippen molar-refractivity contribution in [2.24, 2.45) is 5.92 Å². The highest BCUT2D eigenvalue weighted by Crippen LogP contribution is 2.25. The maximum atomic E-state index is 13.8. The van der Waals surface area contributed by atoms with Crippen molar-refractivity contribution in [1.82, 2.24) is 10.2 Å². The summed E-state index contributed by atoms with van der Waals surface area (Å²) in [5, 5.41) is 2.94. The second kappa shape index (κ2) is 6.95. The lowest BCUT2D eigenvalue weighted by Crippen LogP contribution is -2.34. The summed E-state index contributed by atoms with van der Waals surface area (Å²) in [4.78, 5) is 13.4. The van der Waals surface area contributed by atoms with Crippen molar-refractivity contribution < 1.29 is 18.3 Å². The lowest BCUT2D eigenvalue weighted by Gasteiger charge is -2.25. The van der Waals surface area contributed by atoms with E-state index in [1.165, 1.54) is 17.0 Å². The van der Waals surface area contributed by atoms with Gasteiger partial charge in [0.15, 0.2) is 0 Å². The molecule has 1 atom stereocenters. The fourth-order valence-corrected chi connectivity index (χ4v) is 2.28. The number of nitrogens with zero attached hydrogens (tertiary/aromatic N) is 1. The van der Waals surface area contributed by atoms with Gasteiger partial charge in [-0.1, -0.05) is 13.8 Å². The number of carbonyl (C=O) groups excluding carboxylic acids is 1. The van der Waals surface area contributed by atoms with Crippen LogP contribution >= 0.6 is 0 Å². The highest BCUT2D eigenvalue weighted by atomic mass is 19.1. The Kier molecular flexibility index (Phi) is 5.25. The van der Waals surface area contributed by atoms with Crippen molar-refractivity contribution in [2.75, 3.05) is 26.3 Å². The van der Waals surface area contributed by atoms with Gasteiger partial charge in [0.2, 0.25) is 5.91 Å². The van der Waals surface area contributed by atoms with Crippen LogP contribution in [0.1, 0.15) is 25.6 Å². The van der Waals surface area contributed by atoms with Crippen LogP contribution in [0.4, 0.5) is 8.78 Å². The molecule has 1 heterocycles. The van der Waals surface area contributed by atoms with Gasteiger partial charge in [0.25, 0.3) is 0 Å². The number of rotatable bonds is 6. The summed E-state index contributed by atoms with van der Waals surface area (Å²) in [5.41, 5.74) is 0.270. The van der Waals surface area contributed by atoms with E-state index in [-0.39, 0.29) is 18.0 Å². The SMILES string of the molecule is CC(C)COCCN1C(=O)CNC1c1ccc(F)cc1F. The van der Waals surface area contributed by atoms with Crippen molar-refractivity contribution in [3.05, 3.63) is 35.4 Å². The van der Waals surface area contributed by atoms with Crippen LogP contribution in [-0.2, 0) is 9.53 Å². The minimum absolute atomic E-state index is 0.114. The molecule has 0 saturated carbocycles. The molecule has 1 aromatic rings. The van der Waals surface area contributed by atoms with Gasteiger partial charge in [0, 0.05) is 24.8 Å². The number of benzene rings is 1. The Morgan fingerprint density at radius 1 is 1.43 bits per heavy atom. The van der Waals surface area contributed by atoms with Gasteiger partial charge in [-0.05, 0) is 18.1 Å². The third-order valence-electron chi connectivity index (χ3n) is 3.26. The number of hydrogen-bond acceptors (Lipinski definition) is 3. The zero-order valence-electron chi connectivity index (χ0n) is 12.2. The summed E-state index contributed by atoms with van der Waals surface area (Å²) >= 11 is 0. The van der Waals surface area contributed by atoms with Crippen molar-refractivity contribution in [2.45, 2.75) is 20.0 Å². The van der Waals surface area contributed by atoms with E-state index < -0.39 is 17.8 Å². The Morgan fingerprint density at radius 3 is 2.86 bits per heavy atom. The van der Waals surface area contributed by atoms with Crippen LogP contribution in [0.25, 0.3) is 0 Å². The van der Waals surface area contributed by atoms with E-state index in [0.29, 0.717) is 25.7 Å². The molecule has 1 aromatic carbocycles. The molecular formula is C15H20F2N2O2. The molecule has 0 radical (unpaired) electrons. The van der Waals surface area contributed by atoms with E-state index >= 15 is 0 Å². The quantitative estimate of drug-likeness (QED) is 0.818. The van der Waals surface area contributed by atoms with Gasteiger partial charge in [-0.25, -0.2) is 8.78 Å². The zero-order valence-corrected chi connectivity index (χ0v) is 12.2. The Hall–Kier alpha value is -1.53. The number of nitrogens with one attached hydrogen (secondary N) is 1. The van der Waals surface area contributed by atoms with Crippen LogP contribution in [0, 0.1) is 17.6 Å². The molecule has 0 bridgehead atoms. The normalized spacial score (nSPS) is 18.8. The van der Waals surface area contributed by atoms with E-state index in [9.17, 15) is 13.6 Å². The van der Waals surface area contributed by atoms with E-state index in [1.807, 2.05) is 13.8 Å². The van der Waals surface area contributed by atoms with Gasteiger partial charge in [-0.15, -0.1) is 0 Å². The van der Waals surface area contributed by atoms with Gasteiger partial charge in [0.1, 0.15) is 17.8 Å². The molecule has 21 heavy (non-hydrogen) atoms. The number of amides is 1. The lowest BCUT2D eigenvalue weighted by atomic mass is 10.1. The molecular weight excluding hydrogens is 278 g/mol. The molecule has 0 spiro atoms. The average molecular weight is 298 g/mol. The Labute approximate surface area is 123 Å². The van der Waals surface area contributed by atoms with Crippen LogP contribution < -0.4 is 5.32 Å². The first-order valence-corrected chi connectivity index (χ1v) is 7.04. The molecule has 6 heteroatoms. The molecule has 1 fully saturated rings. The number of ether oxygens (including phenoxy) is 1. The van der Waals surface area contributed by atoms with Crippen molar-refractivity contribution >= 4 is 5.91 Å². The standard InChI is InChI=1S/C15H20F2N2O2/c1-10(2)9-21-6-5-19-14(20)8-18-15(19)12-4-3-11(16)7-13(12)17/h3-4,7,10,15,18H,5-6,8-9H2,1-2H3. The third kappa shape index (κ3) is 3.98. The van der Waals surface area contributed by atoms with Crippen molar-refractivity contribution in [1.29, 1.82) is 0 Å². The maximum Gasteiger partial charge on any atom is 0.238 e. The molecule has 4 nitrogen and oxygen atoms in total. The van der Waals surface area contributed by atoms with Gasteiger partial charge in [-0.3, -0.25) is 10.1 Å². The summed E-state index contributed by atoms with van der Waals surface area (Å²) < 4.78 is 32.3. The highest BCUT2D eigenvalue weighted by molar-refractivity contribution is 5.80. The minimum atomic E-state index is -0.657. The third-order valence-corrected chi connectivity index (χ3v) is 3.26. The minimum Gasteiger partial charge on any atom is -0.379 e. The first-order chi connectivity index (χ1) is 9.99. The maximum absolute atomic E-state index is 13.8. The first-order valence-electron chi connectivity index (χ1n) is 7.04. The van der Waals surface area contributed by atoms with Crippen LogP contribution in [0.5, 0.6) is 0 Å². The molecule has 1 saturated heterocycles. The van der Waals surface area contributed by atoms with Crippen LogP contribution in [-0.4, -0.2) is 37.1 Å². The topological polar surface area (TPSA) is 41.6 Å². The van der Waals surface area contributed by atoms with Gasteiger partial charge in [-0.2, -0.15) is 0 Å². The molecule has 0 aliphatic carbocycles. The second-order valence-electron chi connectivity index (χ2n) is 5.51. The predicted octanol–water partition coefficient (Wildman–Crippen LogP) is 2.07. The highest BCUT2D eigenvalue weighted by Gasteiger charge is 2.32. The fourth-order valence-electron chi connectivity index (χ4n) is 2.28. The fraction of sp³-hybridized carbons (Fsp3) is 0.533. The molecule has 1 aliphatic heterocycles. The van der Waals surface area contributed by atoms with E-state index in [2.05, 4.69) is 5.32 Å². The summed E-state index contributed by atoms with van der Waals surface area (Å²) in [5.74, 6) is -0.984. The predicted molar refractivity (Wildman–Crippen MR) is 74.5 cm³/mol. The van der Waals surface area contributed by atoms with Gasteiger partial charge < -0.3 is 9.64 Å². The lowest BCUT2D eigenvalue weighted by molar-refractivity contribution is -0.128. The Morgan fingerprint density at radius 2 is 2.19 bits per heavy atom. The number of carbonyl (C=O) groups is 1. The van der Waals surface area contributed by atoms with Crippen LogP contribution in [0.2, 0.25) is 0 Å². The van der Waals surface area contributed by atoms with E-state index in [1.54, 1.807) is 0 Å². The molecule has 1 N–H and O–H groups in total. The summed E-state index contributed by atoms with van der Waals surface area (Å²) in [6, 6.07) is 3.38. The van der Waals surface area contributed by atoms with Gasteiger partial charge in [0.05, 0.1) is 13.2 Å². The van der Waals surface area contributed by atoms with Crippen LogP contribution in [0.3, 0.4) is 0 Å². The molecule has 116 valence electrons. The van der Waals surface area contributed by atoms with E-state index in [4.69, 9.17) is 4.74 Å². The molecule has 0 aromatic heterocycles. The number of halogens is 2. The Balaban J connectivity index is 2.02. The van der Waals surface area contributed by atoms with Crippen LogP contribution in [0.15, 0.2) is 18.2 Å². The largest absolute Gasteiger partial charge is 0.379 e. The first kappa shape index (κ1) is 15.9. The summed E-state index contributed by atoms with van der Waals surface area (Å²) in [6.45, 7) is 5.61. The smallest absolute Gasteiger partial charge is 0.238 e. The van der Waals surface area contributed by atoms with Crippen molar-refractivity contribution in [3.63, 3.8) is 0 Å². The average Bonchev–Trinajstić information content (AvgIpc) is 2.76. The molecule has 2 rings (SSSR count). The molecule has 1 unspecified atom stereocenters. The molecule has 1 amide bonds. The van der Waals surface area contributed by atoms with Gasteiger partial charge >= 0.3 is 0 Å². The molecule has 1 aliphatic rings. The zero-order chi connectivity index (χ0) is 15.4. The summed E-state index contributed by atoms with van der Waals surface area (Å²) in [7, 11) is 0. The Bertz CT molecular complexity index is 508. The summed E-state index contributed by atoms with van der Waals surface area (Å²) in [6.07, 6.45) is -0.569. The monoisotopic (exact) mass is 298 g/mol.